The van der Waals surface area contributed by atoms with Crippen LogP contribution in [0, 0.1) is 0 Å². The predicted octanol–water partition coefficient (Wildman–Crippen LogP) is 3.58. The maximum absolute atomic E-state index is 6.10. The minimum absolute atomic E-state index is 0.103. The van der Waals surface area contributed by atoms with Crippen molar-refractivity contribution in [2.24, 2.45) is 0 Å². The van der Waals surface area contributed by atoms with Gasteiger partial charge in [-0.2, -0.15) is 0 Å². The number of hydrogen-bond acceptors (Lipinski definition) is 2. The first-order valence-electron chi connectivity index (χ1n) is 7.58. The maximum atomic E-state index is 6.10. The van der Waals surface area contributed by atoms with Crippen molar-refractivity contribution in [1.29, 1.82) is 0 Å². The fourth-order valence-electron chi connectivity index (χ4n) is 2.72. The van der Waals surface area contributed by atoms with E-state index in [1.165, 1.54) is 10.9 Å². The molecule has 0 aliphatic carbocycles. The van der Waals surface area contributed by atoms with Crippen LogP contribution in [0.3, 0.4) is 0 Å². The summed E-state index contributed by atoms with van der Waals surface area (Å²) >= 11 is 0. The summed E-state index contributed by atoms with van der Waals surface area (Å²) in [6, 6.07) is 16.5. The smallest absolute Gasteiger partial charge is 0.164 e. The second kappa shape index (κ2) is 5.49. The Morgan fingerprint density at radius 3 is 2.36 bits per heavy atom. The van der Waals surface area contributed by atoms with Crippen LogP contribution in [0.2, 0.25) is 0 Å². The summed E-state index contributed by atoms with van der Waals surface area (Å²) in [5, 5.41) is 2.39. The number of nitrogens with zero attached hydrogens (tertiary/aromatic N) is 1. The Balaban J connectivity index is 2.12. The average molecular weight is 289 g/mol. The molecule has 3 rings (SSSR count). The fraction of sp³-hybridized carbons (Fsp3) is 0.211. The van der Waals surface area contributed by atoms with Gasteiger partial charge in [-0.3, -0.25) is 4.98 Å². The van der Waals surface area contributed by atoms with E-state index in [-0.39, 0.29) is 5.41 Å². The van der Waals surface area contributed by atoms with Gasteiger partial charge in [0.15, 0.2) is 7.85 Å². The van der Waals surface area contributed by atoms with E-state index < -0.39 is 0 Å². The highest BCUT2D eigenvalue weighted by molar-refractivity contribution is 6.30. The van der Waals surface area contributed by atoms with Crippen molar-refractivity contribution < 1.29 is 4.74 Å². The van der Waals surface area contributed by atoms with Crippen molar-refractivity contribution in [3.05, 3.63) is 60.3 Å². The van der Waals surface area contributed by atoms with Crippen molar-refractivity contribution in [2.75, 3.05) is 0 Å². The number of rotatable bonds is 2. The molecule has 0 unspecified atom stereocenters. The lowest BCUT2D eigenvalue weighted by Crippen LogP contribution is -2.11. The number of benzene rings is 2. The van der Waals surface area contributed by atoms with E-state index in [2.05, 4.69) is 62.2 Å². The highest BCUT2D eigenvalue weighted by atomic mass is 16.5. The van der Waals surface area contributed by atoms with E-state index in [1.807, 2.05) is 20.0 Å². The van der Waals surface area contributed by atoms with Gasteiger partial charge in [-0.25, -0.2) is 0 Å². The summed E-state index contributed by atoms with van der Waals surface area (Å²) in [5.74, 6) is 1.70. The molecule has 0 spiro atoms. The minimum atomic E-state index is 0.103. The topological polar surface area (TPSA) is 22.1 Å². The maximum Gasteiger partial charge on any atom is 0.164 e. The third-order valence-electron chi connectivity index (χ3n) is 3.79. The van der Waals surface area contributed by atoms with E-state index >= 15 is 0 Å². The molecule has 0 saturated heterocycles. The van der Waals surface area contributed by atoms with Crippen molar-refractivity contribution in [2.45, 2.75) is 26.2 Å². The van der Waals surface area contributed by atoms with Gasteiger partial charge in [-0.05, 0) is 40.2 Å². The molecular formula is C19H20BNO. The van der Waals surface area contributed by atoms with Crippen molar-refractivity contribution in [3.63, 3.8) is 0 Å². The monoisotopic (exact) mass is 289 g/mol. The van der Waals surface area contributed by atoms with E-state index in [0.29, 0.717) is 0 Å². The SMILES string of the molecule is Bc1cc(Oc2ccc(C(C)(C)C)c3ccccc23)ccn1. The summed E-state index contributed by atoms with van der Waals surface area (Å²) in [5.41, 5.74) is 2.39. The lowest BCUT2D eigenvalue weighted by Gasteiger charge is -2.22. The Hall–Kier alpha value is -2.29. The normalized spacial score (nSPS) is 11.6. The molecule has 3 heteroatoms. The summed E-state index contributed by atoms with van der Waals surface area (Å²) < 4.78 is 6.10. The minimum Gasteiger partial charge on any atom is -0.457 e. The standard InChI is InChI=1S/C19H20BNO/c1-19(2,3)16-8-9-17(15-7-5-4-6-14(15)16)22-13-10-11-21-18(20)12-13/h4-12H,20H2,1-3H3. The molecule has 110 valence electrons. The van der Waals surface area contributed by atoms with Gasteiger partial charge < -0.3 is 4.74 Å². The van der Waals surface area contributed by atoms with Crippen LogP contribution in [-0.4, -0.2) is 12.8 Å². The lowest BCUT2D eigenvalue weighted by atomic mass is 9.83. The summed E-state index contributed by atoms with van der Waals surface area (Å²) in [4.78, 5) is 4.21. The predicted molar refractivity (Wildman–Crippen MR) is 95.1 cm³/mol. The summed E-state index contributed by atoms with van der Waals surface area (Å²) in [7, 11) is 1.97. The van der Waals surface area contributed by atoms with Crippen LogP contribution in [0.5, 0.6) is 11.5 Å². The molecular weight excluding hydrogens is 269 g/mol. The zero-order chi connectivity index (χ0) is 15.7. The Kier molecular flexibility index (Phi) is 3.65. The second-order valence-electron chi connectivity index (χ2n) is 6.64. The number of hydrogen-bond donors (Lipinski definition) is 0. The molecule has 0 atom stereocenters. The van der Waals surface area contributed by atoms with Gasteiger partial charge in [0.1, 0.15) is 11.5 Å². The van der Waals surface area contributed by atoms with E-state index in [0.717, 1.165) is 22.5 Å². The molecule has 0 aliphatic rings. The average Bonchev–Trinajstić information content (AvgIpc) is 2.46. The van der Waals surface area contributed by atoms with Gasteiger partial charge in [-0.15, -0.1) is 0 Å². The molecule has 0 radical (unpaired) electrons. The summed E-state index contributed by atoms with van der Waals surface area (Å²) in [6.45, 7) is 6.71. The molecule has 2 nitrogen and oxygen atoms in total. The third kappa shape index (κ3) is 2.84. The summed E-state index contributed by atoms with van der Waals surface area (Å²) in [6.07, 6.45) is 1.77. The molecule has 0 bridgehead atoms. The van der Waals surface area contributed by atoms with Crippen LogP contribution in [0.15, 0.2) is 54.7 Å². The number of ether oxygens (including phenoxy) is 1. The molecule has 1 heterocycles. The third-order valence-corrected chi connectivity index (χ3v) is 3.79. The first-order valence-corrected chi connectivity index (χ1v) is 7.58. The molecule has 22 heavy (non-hydrogen) atoms. The van der Waals surface area contributed by atoms with Crippen LogP contribution < -0.4 is 10.3 Å². The molecule has 0 amide bonds. The second-order valence-corrected chi connectivity index (χ2v) is 6.64. The van der Waals surface area contributed by atoms with Gasteiger partial charge in [0.05, 0.1) is 0 Å². The van der Waals surface area contributed by atoms with E-state index in [1.54, 1.807) is 6.20 Å². The van der Waals surface area contributed by atoms with Gasteiger partial charge in [0, 0.05) is 11.6 Å². The van der Waals surface area contributed by atoms with Crippen LogP contribution >= 0.6 is 0 Å². The largest absolute Gasteiger partial charge is 0.457 e. The van der Waals surface area contributed by atoms with Gasteiger partial charge in [0.2, 0.25) is 0 Å². The quantitative estimate of drug-likeness (QED) is 0.673. The van der Waals surface area contributed by atoms with Crippen molar-refractivity contribution >= 4 is 24.2 Å². The first-order chi connectivity index (χ1) is 10.4. The van der Waals surface area contributed by atoms with Crippen molar-refractivity contribution in [1.82, 2.24) is 4.98 Å². The lowest BCUT2D eigenvalue weighted by molar-refractivity contribution is 0.487. The number of pyridine rings is 1. The Morgan fingerprint density at radius 2 is 1.68 bits per heavy atom. The molecule has 0 fully saturated rings. The fourth-order valence-corrected chi connectivity index (χ4v) is 2.72. The zero-order valence-electron chi connectivity index (χ0n) is 13.6. The van der Waals surface area contributed by atoms with Gasteiger partial charge >= 0.3 is 0 Å². The molecule has 3 aromatic rings. The van der Waals surface area contributed by atoms with Crippen LogP contribution in [0.1, 0.15) is 26.3 Å². The van der Waals surface area contributed by atoms with Crippen LogP contribution in [0.25, 0.3) is 10.8 Å². The highest BCUT2D eigenvalue weighted by Gasteiger charge is 2.18. The molecule has 0 aliphatic heterocycles. The van der Waals surface area contributed by atoms with Gasteiger partial charge in [0.25, 0.3) is 0 Å². The Morgan fingerprint density at radius 1 is 0.955 bits per heavy atom. The van der Waals surface area contributed by atoms with Crippen LogP contribution in [-0.2, 0) is 5.41 Å². The zero-order valence-corrected chi connectivity index (χ0v) is 13.6. The number of fused-ring (bicyclic) bond motifs is 1. The first kappa shape index (κ1) is 14.6. The molecule has 1 aromatic heterocycles. The Bertz CT molecular complexity index is 821. The Labute approximate surface area is 132 Å². The number of aromatic nitrogens is 1. The van der Waals surface area contributed by atoms with E-state index in [4.69, 9.17) is 4.74 Å². The van der Waals surface area contributed by atoms with Gasteiger partial charge in [-0.1, -0.05) is 51.1 Å². The molecule has 2 aromatic carbocycles. The van der Waals surface area contributed by atoms with Crippen LogP contribution in [0.4, 0.5) is 0 Å². The highest BCUT2D eigenvalue weighted by Crippen LogP contribution is 2.36. The van der Waals surface area contributed by atoms with Crippen molar-refractivity contribution in [3.8, 4) is 11.5 Å². The molecule has 0 N–H and O–H groups in total. The molecule has 0 saturated carbocycles. The van der Waals surface area contributed by atoms with E-state index in [9.17, 15) is 0 Å².